The van der Waals surface area contributed by atoms with Crippen molar-refractivity contribution in [2.24, 2.45) is 0 Å². The summed E-state index contributed by atoms with van der Waals surface area (Å²) >= 11 is 3.66. The lowest BCUT2D eigenvalue weighted by molar-refractivity contribution is 1.57. The van der Waals surface area contributed by atoms with Gasteiger partial charge in [0.2, 0.25) is 0 Å². The second kappa shape index (κ2) is 5.41. The van der Waals surface area contributed by atoms with Crippen molar-refractivity contribution in [2.45, 2.75) is 0 Å². The first-order chi connectivity index (χ1) is 12.9. The summed E-state index contributed by atoms with van der Waals surface area (Å²) in [6, 6.07) is 26.6. The monoisotopic (exact) mass is 366 g/mol. The van der Waals surface area contributed by atoms with E-state index in [4.69, 9.17) is 0 Å². The normalized spacial score (nSPS) is 14.6. The molecule has 0 radical (unpaired) electrons. The molecule has 0 unspecified atom stereocenters. The maximum absolute atomic E-state index is 2.28. The van der Waals surface area contributed by atoms with E-state index in [0.29, 0.717) is 0 Å². The Bertz CT molecular complexity index is 1110. The second-order valence-electron chi connectivity index (χ2n) is 6.55. The molecular formula is C24H14S2. The van der Waals surface area contributed by atoms with Gasteiger partial charge in [-0.2, -0.15) is 0 Å². The lowest BCUT2D eigenvalue weighted by Crippen LogP contribution is -1.89. The van der Waals surface area contributed by atoms with Crippen LogP contribution in [0.2, 0.25) is 0 Å². The fourth-order valence-electron chi connectivity index (χ4n) is 4.25. The zero-order valence-electron chi connectivity index (χ0n) is 13.9. The van der Waals surface area contributed by atoms with E-state index in [-0.39, 0.29) is 0 Å². The van der Waals surface area contributed by atoms with Crippen molar-refractivity contribution in [3.05, 3.63) is 116 Å². The number of allylic oxidation sites excluding steroid dienone is 2. The largest absolute Gasteiger partial charge is 0.144 e. The average molecular weight is 367 g/mol. The fraction of sp³-hybridized carbons (Fsp3) is 0. The van der Waals surface area contributed by atoms with Gasteiger partial charge in [-0.25, -0.2) is 0 Å². The molecule has 0 fully saturated rings. The molecule has 0 spiro atoms. The van der Waals surface area contributed by atoms with Crippen LogP contribution >= 0.6 is 22.7 Å². The first-order valence-electron chi connectivity index (χ1n) is 8.70. The Morgan fingerprint density at radius 3 is 1.12 bits per heavy atom. The SMILES string of the molecule is c1csc(C2=C3C(=C(c4cccs4)c4ccccc43)c3ccccc32)c1. The Kier molecular flexibility index (Phi) is 3.01. The standard InChI is InChI=1S/C24H14S2/c1-3-9-17-15(7-1)21(19-11-5-13-25-19)24-18-10-4-2-8-16(18)22(23(17)24)20-12-6-14-26-20/h1-14H. The highest BCUT2D eigenvalue weighted by Crippen LogP contribution is 2.58. The number of rotatable bonds is 2. The smallest absolute Gasteiger partial charge is 0.0355 e. The van der Waals surface area contributed by atoms with Gasteiger partial charge >= 0.3 is 0 Å². The van der Waals surface area contributed by atoms with Crippen LogP contribution in [-0.2, 0) is 0 Å². The molecule has 122 valence electrons. The summed E-state index contributed by atoms with van der Waals surface area (Å²) in [7, 11) is 0. The van der Waals surface area contributed by atoms with Crippen molar-refractivity contribution in [2.75, 3.05) is 0 Å². The van der Waals surface area contributed by atoms with Gasteiger partial charge in [0.15, 0.2) is 0 Å². The van der Waals surface area contributed by atoms with Crippen molar-refractivity contribution in [1.29, 1.82) is 0 Å². The molecule has 2 heteroatoms. The maximum atomic E-state index is 2.28. The molecule has 2 aromatic carbocycles. The Hall–Kier alpha value is -2.68. The molecule has 2 aliphatic rings. The van der Waals surface area contributed by atoms with Crippen molar-refractivity contribution in [1.82, 2.24) is 0 Å². The minimum absolute atomic E-state index is 1.35. The Labute approximate surface area is 160 Å². The van der Waals surface area contributed by atoms with Gasteiger partial charge < -0.3 is 0 Å². The number of thiophene rings is 2. The number of hydrogen-bond donors (Lipinski definition) is 0. The second-order valence-corrected chi connectivity index (χ2v) is 8.44. The third-order valence-electron chi connectivity index (χ3n) is 5.22. The molecule has 0 saturated carbocycles. The first kappa shape index (κ1) is 14.5. The third-order valence-corrected chi connectivity index (χ3v) is 6.99. The van der Waals surface area contributed by atoms with Crippen LogP contribution in [0.5, 0.6) is 0 Å². The molecule has 2 aromatic heterocycles. The van der Waals surface area contributed by atoms with Crippen LogP contribution in [0.1, 0.15) is 32.0 Å². The van der Waals surface area contributed by atoms with Gasteiger partial charge in [0, 0.05) is 32.0 Å². The number of hydrogen-bond acceptors (Lipinski definition) is 2. The van der Waals surface area contributed by atoms with Crippen molar-refractivity contribution < 1.29 is 0 Å². The van der Waals surface area contributed by atoms with E-state index in [2.05, 4.69) is 83.6 Å². The van der Waals surface area contributed by atoms with Gasteiger partial charge in [-0.15, -0.1) is 22.7 Å². The molecule has 0 atom stereocenters. The molecule has 0 nitrogen and oxygen atoms in total. The Balaban J connectivity index is 1.81. The van der Waals surface area contributed by atoms with Gasteiger partial charge in [0.25, 0.3) is 0 Å². The van der Waals surface area contributed by atoms with Crippen molar-refractivity contribution >= 4 is 45.0 Å². The van der Waals surface area contributed by atoms with Gasteiger partial charge in [-0.05, 0) is 45.1 Å². The summed E-state index contributed by atoms with van der Waals surface area (Å²) in [5.41, 5.74) is 11.1. The van der Waals surface area contributed by atoms with Crippen molar-refractivity contribution in [3.8, 4) is 0 Å². The number of benzene rings is 2. The lowest BCUT2D eigenvalue weighted by atomic mass is 9.97. The van der Waals surface area contributed by atoms with Gasteiger partial charge in [-0.1, -0.05) is 60.7 Å². The lowest BCUT2D eigenvalue weighted by Gasteiger charge is -2.09. The summed E-state index contributed by atoms with van der Waals surface area (Å²) in [5.74, 6) is 0. The van der Waals surface area contributed by atoms with E-state index >= 15 is 0 Å². The van der Waals surface area contributed by atoms with Gasteiger partial charge in [0.05, 0.1) is 0 Å². The van der Waals surface area contributed by atoms with Crippen LogP contribution in [0, 0.1) is 0 Å². The predicted octanol–water partition coefficient (Wildman–Crippen LogP) is 7.05. The third kappa shape index (κ3) is 1.83. The highest BCUT2D eigenvalue weighted by Gasteiger charge is 2.37. The van der Waals surface area contributed by atoms with E-state index in [1.807, 2.05) is 22.7 Å². The van der Waals surface area contributed by atoms with E-state index in [1.54, 1.807) is 0 Å². The summed E-state index contributed by atoms with van der Waals surface area (Å²) in [6.07, 6.45) is 0. The van der Waals surface area contributed by atoms with Crippen LogP contribution in [-0.4, -0.2) is 0 Å². The van der Waals surface area contributed by atoms with E-state index < -0.39 is 0 Å². The molecule has 6 rings (SSSR count). The van der Waals surface area contributed by atoms with E-state index in [0.717, 1.165) is 0 Å². The van der Waals surface area contributed by atoms with Crippen LogP contribution in [0.4, 0.5) is 0 Å². The minimum Gasteiger partial charge on any atom is -0.144 e. The first-order valence-corrected chi connectivity index (χ1v) is 10.5. The van der Waals surface area contributed by atoms with Gasteiger partial charge in [-0.3, -0.25) is 0 Å². The van der Waals surface area contributed by atoms with Gasteiger partial charge in [0.1, 0.15) is 0 Å². The summed E-state index contributed by atoms with van der Waals surface area (Å²) in [6.45, 7) is 0. The average Bonchev–Trinajstić information content (AvgIpc) is 3.45. The molecule has 4 aromatic rings. The predicted molar refractivity (Wildman–Crippen MR) is 113 cm³/mol. The summed E-state index contributed by atoms with van der Waals surface area (Å²) in [5, 5.41) is 4.35. The molecule has 0 bridgehead atoms. The van der Waals surface area contributed by atoms with Crippen LogP contribution in [0.3, 0.4) is 0 Å². The molecule has 0 amide bonds. The Morgan fingerprint density at radius 1 is 0.385 bits per heavy atom. The topological polar surface area (TPSA) is 0 Å². The van der Waals surface area contributed by atoms with E-state index in [9.17, 15) is 0 Å². The van der Waals surface area contributed by atoms with E-state index in [1.165, 1.54) is 54.3 Å². The Morgan fingerprint density at radius 2 is 0.769 bits per heavy atom. The highest BCUT2D eigenvalue weighted by atomic mass is 32.1. The van der Waals surface area contributed by atoms with Crippen LogP contribution < -0.4 is 0 Å². The highest BCUT2D eigenvalue weighted by molar-refractivity contribution is 7.11. The quantitative estimate of drug-likeness (QED) is 0.356. The molecule has 0 N–H and O–H groups in total. The molecule has 0 aliphatic heterocycles. The minimum atomic E-state index is 1.35. The van der Waals surface area contributed by atoms with Crippen LogP contribution in [0.25, 0.3) is 22.3 Å². The molecule has 2 aliphatic carbocycles. The molecular weight excluding hydrogens is 352 g/mol. The zero-order valence-corrected chi connectivity index (χ0v) is 15.5. The number of fused-ring (bicyclic) bond motifs is 5. The zero-order chi connectivity index (χ0) is 17.1. The summed E-state index contributed by atoms with van der Waals surface area (Å²) < 4.78 is 0. The van der Waals surface area contributed by atoms with Crippen LogP contribution in [0.15, 0.2) is 83.6 Å². The fourth-order valence-corrected chi connectivity index (χ4v) is 5.83. The summed E-state index contributed by atoms with van der Waals surface area (Å²) in [4.78, 5) is 2.70. The van der Waals surface area contributed by atoms with Crippen molar-refractivity contribution in [3.63, 3.8) is 0 Å². The molecule has 0 saturated heterocycles. The maximum Gasteiger partial charge on any atom is 0.0355 e. The molecule has 26 heavy (non-hydrogen) atoms. The molecule has 2 heterocycles.